The van der Waals surface area contributed by atoms with E-state index in [2.05, 4.69) is 15.2 Å². The Labute approximate surface area is 212 Å². The molecule has 0 amide bonds. The highest BCUT2D eigenvalue weighted by Crippen LogP contribution is 2.19. The number of esters is 2. The number of ether oxygens (including phenoxy) is 2. The minimum Gasteiger partial charge on any atom is -0.466 e. The molecule has 7 nitrogen and oxygen atoms in total. The fourth-order valence-corrected chi connectivity index (χ4v) is 3.72. The van der Waals surface area contributed by atoms with Gasteiger partial charge in [0.25, 0.3) is 0 Å². The van der Waals surface area contributed by atoms with Gasteiger partial charge in [-0.15, -0.1) is 24.0 Å². The first kappa shape index (κ1) is 26.6. The van der Waals surface area contributed by atoms with Crippen LogP contribution >= 0.6 is 24.0 Å². The molecule has 178 valence electrons. The van der Waals surface area contributed by atoms with Gasteiger partial charge in [0.2, 0.25) is 0 Å². The summed E-state index contributed by atoms with van der Waals surface area (Å²) in [6.45, 7) is 4.52. The lowest BCUT2D eigenvalue weighted by molar-refractivity contribution is -0.149. The van der Waals surface area contributed by atoms with Crippen molar-refractivity contribution in [3.8, 4) is 0 Å². The number of hydrogen-bond acceptors (Lipinski definition) is 5. The van der Waals surface area contributed by atoms with Crippen molar-refractivity contribution in [2.75, 3.05) is 26.7 Å². The van der Waals surface area contributed by atoms with Crippen molar-refractivity contribution in [3.05, 3.63) is 71.3 Å². The van der Waals surface area contributed by atoms with Crippen molar-refractivity contribution < 1.29 is 19.1 Å². The molecule has 1 N–H and O–H groups in total. The molecule has 0 saturated carbocycles. The highest BCUT2D eigenvalue weighted by molar-refractivity contribution is 14.0. The Balaban J connectivity index is 0.00000385. The summed E-state index contributed by atoms with van der Waals surface area (Å²) >= 11 is 0. The maximum absolute atomic E-state index is 12.4. The van der Waals surface area contributed by atoms with Gasteiger partial charge in [0.1, 0.15) is 6.61 Å². The van der Waals surface area contributed by atoms with Gasteiger partial charge in [-0.2, -0.15) is 0 Å². The zero-order valence-corrected chi connectivity index (χ0v) is 21.5. The zero-order chi connectivity index (χ0) is 22.8. The molecule has 8 heteroatoms. The minimum atomic E-state index is -0.346. The third-order valence-corrected chi connectivity index (χ3v) is 5.45. The Hall–Kier alpha value is -2.62. The average molecular weight is 565 g/mol. The van der Waals surface area contributed by atoms with E-state index in [4.69, 9.17) is 9.47 Å². The van der Waals surface area contributed by atoms with Crippen LogP contribution in [0.4, 0.5) is 0 Å². The van der Waals surface area contributed by atoms with Crippen molar-refractivity contribution in [1.82, 2.24) is 10.2 Å². The fraction of sp³-hybridized carbons (Fsp3) is 0.400. The summed E-state index contributed by atoms with van der Waals surface area (Å²) in [7, 11) is 1.75. The standard InChI is InChI=1S/C25H31N3O4.HI/c1-3-31-23(29)21-12-14-28(15-13-21)25(26-2)27-17-20-10-7-11-22(16-20)24(30)32-18-19-8-5-4-6-9-19;/h4-11,16,21H,3,12-15,17-18H2,1-2H3,(H,26,27);1H. The number of nitrogens with zero attached hydrogens (tertiary/aromatic N) is 2. The molecule has 0 unspecified atom stereocenters. The summed E-state index contributed by atoms with van der Waals surface area (Å²) in [5, 5.41) is 3.36. The SMILES string of the molecule is CCOC(=O)C1CCN(C(=NC)NCc2cccc(C(=O)OCc3ccccc3)c2)CC1.I. The summed E-state index contributed by atoms with van der Waals surface area (Å²) in [5.74, 6) is 0.291. The third kappa shape index (κ3) is 8.03. The summed E-state index contributed by atoms with van der Waals surface area (Å²) < 4.78 is 10.6. The van der Waals surface area contributed by atoms with E-state index in [9.17, 15) is 9.59 Å². The van der Waals surface area contributed by atoms with Crippen LogP contribution in [0.5, 0.6) is 0 Å². The maximum atomic E-state index is 12.4. The Morgan fingerprint density at radius 2 is 1.73 bits per heavy atom. The molecule has 0 aliphatic carbocycles. The van der Waals surface area contributed by atoms with Gasteiger partial charge < -0.3 is 19.7 Å². The van der Waals surface area contributed by atoms with E-state index in [0.29, 0.717) is 18.7 Å². The van der Waals surface area contributed by atoms with E-state index in [1.807, 2.05) is 55.5 Å². The van der Waals surface area contributed by atoms with Crippen LogP contribution in [0.15, 0.2) is 59.6 Å². The summed E-state index contributed by atoms with van der Waals surface area (Å²) in [4.78, 5) is 30.9. The number of rotatable bonds is 7. The smallest absolute Gasteiger partial charge is 0.338 e. The van der Waals surface area contributed by atoms with E-state index in [0.717, 1.165) is 43.0 Å². The lowest BCUT2D eigenvalue weighted by atomic mass is 9.97. The predicted octanol–water partition coefficient (Wildman–Crippen LogP) is 4.01. The van der Waals surface area contributed by atoms with Crippen molar-refractivity contribution in [3.63, 3.8) is 0 Å². The second kappa shape index (κ2) is 13.8. The molecule has 1 aliphatic rings. The topological polar surface area (TPSA) is 80.2 Å². The van der Waals surface area contributed by atoms with E-state index in [1.54, 1.807) is 13.1 Å². The number of halogens is 1. The predicted molar refractivity (Wildman–Crippen MR) is 139 cm³/mol. The Bertz CT molecular complexity index is 928. The summed E-state index contributed by atoms with van der Waals surface area (Å²) in [5.41, 5.74) is 2.43. The van der Waals surface area contributed by atoms with Gasteiger partial charge in [-0.05, 0) is 43.0 Å². The number of carbonyl (C=O) groups excluding carboxylic acids is 2. The lowest BCUT2D eigenvalue weighted by Gasteiger charge is -2.33. The van der Waals surface area contributed by atoms with E-state index >= 15 is 0 Å². The second-order valence-electron chi connectivity index (χ2n) is 7.68. The summed E-state index contributed by atoms with van der Waals surface area (Å²) in [6.07, 6.45) is 1.50. The minimum absolute atomic E-state index is 0. The van der Waals surface area contributed by atoms with Crippen molar-refractivity contribution in [2.45, 2.75) is 32.9 Å². The molecule has 0 aromatic heterocycles. The van der Waals surface area contributed by atoms with Gasteiger partial charge >= 0.3 is 11.9 Å². The third-order valence-electron chi connectivity index (χ3n) is 5.45. The van der Waals surface area contributed by atoms with Gasteiger partial charge in [-0.1, -0.05) is 42.5 Å². The van der Waals surface area contributed by atoms with E-state index < -0.39 is 0 Å². The Morgan fingerprint density at radius 1 is 1.03 bits per heavy atom. The monoisotopic (exact) mass is 565 g/mol. The Morgan fingerprint density at radius 3 is 2.39 bits per heavy atom. The molecule has 33 heavy (non-hydrogen) atoms. The molecule has 0 spiro atoms. The molecule has 1 fully saturated rings. The highest BCUT2D eigenvalue weighted by Gasteiger charge is 2.27. The highest BCUT2D eigenvalue weighted by atomic mass is 127. The number of piperidine rings is 1. The van der Waals surface area contributed by atoms with Crippen LogP contribution in [0.1, 0.15) is 41.3 Å². The largest absolute Gasteiger partial charge is 0.466 e. The molecule has 0 bridgehead atoms. The first-order valence-corrected chi connectivity index (χ1v) is 11.0. The molecule has 0 radical (unpaired) electrons. The lowest BCUT2D eigenvalue weighted by Crippen LogP contribution is -2.46. The zero-order valence-electron chi connectivity index (χ0n) is 19.2. The number of carbonyl (C=O) groups is 2. The molecular weight excluding hydrogens is 533 g/mol. The number of guanidine groups is 1. The number of aliphatic imine (C=N–C) groups is 1. The molecule has 1 saturated heterocycles. The normalized spacial score (nSPS) is 14.2. The van der Waals surface area contributed by atoms with Crippen LogP contribution in [0.25, 0.3) is 0 Å². The molecular formula is C25H32IN3O4. The Kier molecular flexibility index (Phi) is 11.2. The first-order chi connectivity index (χ1) is 15.6. The van der Waals surface area contributed by atoms with Crippen molar-refractivity contribution in [1.29, 1.82) is 0 Å². The van der Waals surface area contributed by atoms with Gasteiger partial charge in [0.05, 0.1) is 18.1 Å². The van der Waals surface area contributed by atoms with Crippen LogP contribution in [-0.4, -0.2) is 49.5 Å². The molecule has 0 atom stereocenters. The maximum Gasteiger partial charge on any atom is 0.338 e. The van der Waals surface area contributed by atoms with E-state index in [1.165, 1.54) is 0 Å². The molecule has 1 heterocycles. The van der Waals surface area contributed by atoms with Crippen molar-refractivity contribution >= 4 is 41.9 Å². The second-order valence-corrected chi connectivity index (χ2v) is 7.68. The number of likely N-dealkylation sites (tertiary alicyclic amines) is 1. The van der Waals surface area contributed by atoms with Gasteiger partial charge in [-0.25, -0.2) is 4.79 Å². The van der Waals surface area contributed by atoms with Crippen molar-refractivity contribution in [2.24, 2.45) is 10.9 Å². The van der Waals surface area contributed by atoms with Gasteiger partial charge in [0, 0.05) is 26.7 Å². The average Bonchev–Trinajstić information content (AvgIpc) is 2.84. The van der Waals surface area contributed by atoms with E-state index in [-0.39, 0.29) is 48.4 Å². The van der Waals surface area contributed by atoms with Gasteiger partial charge in [-0.3, -0.25) is 9.79 Å². The first-order valence-electron chi connectivity index (χ1n) is 11.0. The number of benzene rings is 2. The van der Waals surface area contributed by atoms with Crippen LogP contribution in [-0.2, 0) is 27.4 Å². The number of hydrogen-bond donors (Lipinski definition) is 1. The van der Waals surface area contributed by atoms with Crippen LogP contribution < -0.4 is 5.32 Å². The summed E-state index contributed by atoms with van der Waals surface area (Å²) in [6, 6.07) is 17.0. The molecule has 1 aliphatic heterocycles. The fourth-order valence-electron chi connectivity index (χ4n) is 3.72. The van der Waals surface area contributed by atoms with Gasteiger partial charge in [0.15, 0.2) is 5.96 Å². The quantitative estimate of drug-likeness (QED) is 0.237. The molecule has 3 rings (SSSR count). The number of nitrogens with one attached hydrogen (secondary N) is 1. The molecule has 2 aromatic carbocycles. The van der Waals surface area contributed by atoms with Crippen LogP contribution in [0.2, 0.25) is 0 Å². The van der Waals surface area contributed by atoms with Crippen LogP contribution in [0, 0.1) is 5.92 Å². The molecule has 2 aromatic rings. The van der Waals surface area contributed by atoms with Crippen LogP contribution in [0.3, 0.4) is 0 Å².